The summed E-state index contributed by atoms with van der Waals surface area (Å²) in [4.78, 5) is 22.2. The SMILES string of the molecule is CC[C@H](NC(=O)NCCc1cccc(C)c1)C(=O)O. The van der Waals surface area contributed by atoms with Crippen LogP contribution in [0.5, 0.6) is 0 Å². The second-order valence-corrected chi connectivity index (χ2v) is 4.44. The van der Waals surface area contributed by atoms with Crippen LogP contribution in [0.15, 0.2) is 24.3 Å². The maximum absolute atomic E-state index is 11.5. The third-order valence-electron chi connectivity index (χ3n) is 2.79. The molecule has 0 spiro atoms. The number of nitrogens with one attached hydrogen (secondary N) is 2. The molecule has 1 aromatic carbocycles. The first kappa shape index (κ1) is 15.0. The smallest absolute Gasteiger partial charge is 0.326 e. The van der Waals surface area contributed by atoms with Gasteiger partial charge in [-0.25, -0.2) is 9.59 Å². The van der Waals surface area contributed by atoms with Gasteiger partial charge < -0.3 is 15.7 Å². The van der Waals surface area contributed by atoms with Crippen LogP contribution in [0.25, 0.3) is 0 Å². The number of benzene rings is 1. The van der Waals surface area contributed by atoms with Crippen molar-refractivity contribution >= 4 is 12.0 Å². The lowest BCUT2D eigenvalue weighted by Gasteiger charge is -2.13. The monoisotopic (exact) mass is 264 g/mol. The lowest BCUT2D eigenvalue weighted by molar-refractivity contribution is -0.139. The van der Waals surface area contributed by atoms with Crippen molar-refractivity contribution in [1.82, 2.24) is 10.6 Å². The molecule has 3 N–H and O–H groups in total. The van der Waals surface area contributed by atoms with Crippen LogP contribution >= 0.6 is 0 Å². The van der Waals surface area contributed by atoms with E-state index in [9.17, 15) is 9.59 Å². The highest BCUT2D eigenvalue weighted by Crippen LogP contribution is 2.03. The van der Waals surface area contributed by atoms with E-state index in [0.717, 1.165) is 12.0 Å². The Labute approximate surface area is 113 Å². The molecule has 5 heteroatoms. The first-order chi connectivity index (χ1) is 9.02. The summed E-state index contributed by atoms with van der Waals surface area (Å²) in [6.07, 6.45) is 1.08. The van der Waals surface area contributed by atoms with Crippen LogP contribution in [-0.2, 0) is 11.2 Å². The maximum atomic E-state index is 11.5. The van der Waals surface area contributed by atoms with E-state index in [2.05, 4.69) is 16.7 Å². The minimum atomic E-state index is -1.02. The van der Waals surface area contributed by atoms with Gasteiger partial charge in [0, 0.05) is 6.54 Å². The topological polar surface area (TPSA) is 78.4 Å². The second kappa shape index (κ2) is 7.41. The Kier molecular flexibility index (Phi) is 5.85. The van der Waals surface area contributed by atoms with E-state index in [4.69, 9.17) is 5.11 Å². The first-order valence-electron chi connectivity index (χ1n) is 6.35. The van der Waals surface area contributed by atoms with Gasteiger partial charge in [-0.05, 0) is 25.3 Å². The molecule has 1 rings (SSSR count). The van der Waals surface area contributed by atoms with Crippen molar-refractivity contribution in [3.8, 4) is 0 Å². The normalized spacial score (nSPS) is 11.7. The predicted octanol–water partition coefficient (Wildman–Crippen LogP) is 1.70. The molecule has 0 aromatic heterocycles. The van der Waals surface area contributed by atoms with Gasteiger partial charge in [0.15, 0.2) is 0 Å². The number of amides is 2. The zero-order chi connectivity index (χ0) is 14.3. The number of hydrogen-bond acceptors (Lipinski definition) is 2. The molecule has 0 aliphatic carbocycles. The largest absolute Gasteiger partial charge is 0.480 e. The lowest BCUT2D eigenvalue weighted by atomic mass is 10.1. The fourth-order valence-corrected chi connectivity index (χ4v) is 1.74. The molecular weight excluding hydrogens is 244 g/mol. The Hall–Kier alpha value is -2.04. The highest BCUT2D eigenvalue weighted by Gasteiger charge is 2.16. The van der Waals surface area contributed by atoms with Crippen molar-refractivity contribution in [2.75, 3.05) is 6.54 Å². The van der Waals surface area contributed by atoms with E-state index in [1.165, 1.54) is 5.56 Å². The Morgan fingerprint density at radius 1 is 1.37 bits per heavy atom. The lowest BCUT2D eigenvalue weighted by Crippen LogP contribution is -2.46. The highest BCUT2D eigenvalue weighted by molar-refractivity contribution is 5.82. The van der Waals surface area contributed by atoms with Crippen molar-refractivity contribution in [2.24, 2.45) is 0 Å². The minimum absolute atomic E-state index is 0.362. The quantitative estimate of drug-likeness (QED) is 0.731. The molecule has 0 aliphatic heterocycles. The number of carbonyl (C=O) groups is 2. The molecule has 1 atom stereocenters. The molecule has 1 aromatic rings. The fraction of sp³-hybridized carbons (Fsp3) is 0.429. The van der Waals surface area contributed by atoms with Crippen LogP contribution < -0.4 is 10.6 Å². The summed E-state index contributed by atoms with van der Waals surface area (Å²) in [5.74, 6) is -1.02. The Morgan fingerprint density at radius 2 is 2.11 bits per heavy atom. The molecule has 0 saturated heterocycles. The van der Waals surface area contributed by atoms with Gasteiger partial charge in [-0.3, -0.25) is 0 Å². The van der Waals surface area contributed by atoms with Crippen molar-refractivity contribution in [2.45, 2.75) is 32.7 Å². The number of carbonyl (C=O) groups excluding carboxylic acids is 1. The first-order valence-corrected chi connectivity index (χ1v) is 6.35. The zero-order valence-electron chi connectivity index (χ0n) is 11.3. The molecule has 0 heterocycles. The average Bonchev–Trinajstić information content (AvgIpc) is 2.35. The van der Waals surface area contributed by atoms with Gasteiger partial charge in [0.1, 0.15) is 6.04 Å². The van der Waals surface area contributed by atoms with E-state index < -0.39 is 18.0 Å². The van der Waals surface area contributed by atoms with Crippen LogP contribution in [0.3, 0.4) is 0 Å². The Balaban J connectivity index is 2.33. The zero-order valence-corrected chi connectivity index (χ0v) is 11.3. The third kappa shape index (κ3) is 5.42. The highest BCUT2D eigenvalue weighted by atomic mass is 16.4. The maximum Gasteiger partial charge on any atom is 0.326 e. The number of rotatable bonds is 6. The number of hydrogen-bond donors (Lipinski definition) is 3. The summed E-state index contributed by atoms with van der Waals surface area (Å²) in [5, 5.41) is 13.9. The molecule has 2 amide bonds. The van der Waals surface area contributed by atoms with Gasteiger partial charge >= 0.3 is 12.0 Å². The van der Waals surface area contributed by atoms with Crippen LogP contribution in [0.2, 0.25) is 0 Å². The number of aliphatic carboxylic acids is 1. The van der Waals surface area contributed by atoms with Crippen molar-refractivity contribution in [3.63, 3.8) is 0 Å². The summed E-state index contributed by atoms with van der Waals surface area (Å²) in [7, 11) is 0. The number of aryl methyl sites for hydroxylation is 1. The predicted molar refractivity (Wildman–Crippen MR) is 73.1 cm³/mol. The van der Waals surface area contributed by atoms with E-state index in [0.29, 0.717) is 13.0 Å². The molecule has 19 heavy (non-hydrogen) atoms. The number of carboxylic acid groups (broad SMARTS) is 1. The molecule has 0 bridgehead atoms. The summed E-state index contributed by atoms with van der Waals surface area (Å²) in [6.45, 7) is 4.21. The molecule has 0 fully saturated rings. The molecule has 0 unspecified atom stereocenters. The van der Waals surface area contributed by atoms with Gasteiger partial charge in [-0.15, -0.1) is 0 Å². The summed E-state index contributed by atoms with van der Waals surface area (Å²) in [5.41, 5.74) is 2.32. The Bertz CT molecular complexity index is 446. The van der Waals surface area contributed by atoms with Crippen LogP contribution in [0.1, 0.15) is 24.5 Å². The van der Waals surface area contributed by atoms with E-state index >= 15 is 0 Å². The van der Waals surface area contributed by atoms with E-state index in [-0.39, 0.29) is 0 Å². The third-order valence-corrected chi connectivity index (χ3v) is 2.79. The van der Waals surface area contributed by atoms with Crippen LogP contribution in [0, 0.1) is 6.92 Å². The van der Waals surface area contributed by atoms with E-state index in [1.54, 1.807) is 6.92 Å². The van der Waals surface area contributed by atoms with Crippen LogP contribution in [0.4, 0.5) is 4.79 Å². The van der Waals surface area contributed by atoms with Gasteiger partial charge in [-0.2, -0.15) is 0 Å². The summed E-state index contributed by atoms with van der Waals surface area (Å²) in [6, 6.07) is 6.77. The van der Waals surface area contributed by atoms with Crippen molar-refractivity contribution in [3.05, 3.63) is 35.4 Å². The molecular formula is C14H20N2O3. The average molecular weight is 264 g/mol. The summed E-state index contributed by atoms with van der Waals surface area (Å²) >= 11 is 0. The van der Waals surface area contributed by atoms with Gasteiger partial charge in [0.05, 0.1) is 0 Å². The van der Waals surface area contributed by atoms with Crippen molar-refractivity contribution < 1.29 is 14.7 Å². The van der Waals surface area contributed by atoms with E-state index in [1.807, 2.05) is 25.1 Å². The van der Waals surface area contributed by atoms with Gasteiger partial charge in [0.25, 0.3) is 0 Å². The standard InChI is InChI=1S/C14H20N2O3/c1-3-12(13(17)18)16-14(19)15-8-7-11-6-4-5-10(2)9-11/h4-6,9,12H,3,7-8H2,1-2H3,(H,17,18)(H2,15,16,19)/t12-/m0/s1. The van der Waals surface area contributed by atoms with Gasteiger partial charge in [-0.1, -0.05) is 36.8 Å². The van der Waals surface area contributed by atoms with Crippen molar-refractivity contribution in [1.29, 1.82) is 0 Å². The fourth-order valence-electron chi connectivity index (χ4n) is 1.74. The summed E-state index contributed by atoms with van der Waals surface area (Å²) < 4.78 is 0. The van der Waals surface area contributed by atoms with Crippen LogP contribution in [-0.4, -0.2) is 29.7 Å². The number of urea groups is 1. The number of carboxylic acids is 1. The molecule has 0 saturated carbocycles. The minimum Gasteiger partial charge on any atom is -0.480 e. The second-order valence-electron chi connectivity index (χ2n) is 4.44. The molecule has 0 radical (unpaired) electrons. The molecule has 5 nitrogen and oxygen atoms in total. The molecule has 104 valence electrons. The van der Waals surface area contributed by atoms with Gasteiger partial charge in [0.2, 0.25) is 0 Å². The molecule has 0 aliphatic rings. The Morgan fingerprint density at radius 3 is 2.68 bits per heavy atom.